The standard InChI is InChI=1S/C18H35Cl3/c1-4-16(19)11-7-9-15(13-14-18(21)6-3)10-8-12-17(20)5-2/h15-18H,4-14H2,1-3H3. The van der Waals surface area contributed by atoms with Gasteiger partial charge in [-0.25, -0.2) is 0 Å². The maximum Gasteiger partial charge on any atom is 0.0333 e. The summed E-state index contributed by atoms with van der Waals surface area (Å²) in [4.78, 5) is 0. The molecule has 0 saturated carbocycles. The van der Waals surface area contributed by atoms with Crippen LogP contribution in [0, 0.1) is 5.92 Å². The molecule has 21 heavy (non-hydrogen) atoms. The normalized spacial score (nSPS) is 17.4. The van der Waals surface area contributed by atoms with E-state index < -0.39 is 0 Å². The van der Waals surface area contributed by atoms with Crippen molar-refractivity contribution in [3.63, 3.8) is 0 Å². The minimum absolute atomic E-state index is 0.348. The van der Waals surface area contributed by atoms with Crippen molar-refractivity contribution in [3.05, 3.63) is 0 Å². The molecule has 128 valence electrons. The third kappa shape index (κ3) is 13.0. The van der Waals surface area contributed by atoms with Crippen LogP contribution in [0.15, 0.2) is 0 Å². The van der Waals surface area contributed by atoms with Gasteiger partial charge >= 0.3 is 0 Å². The second kappa shape index (κ2) is 14.5. The van der Waals surface area contributed by atoms with Gasteiger partial charge in [0.15, 0.2) is 0 Å². The third-order valence-electron chi connectivity index (χ3n) is 4.48. The van der Waals surface area contributed by atoms with Crippen molar-refractivity contribution in [3.8, 4) is 0 Å². The van der Waals surface area contributed by atoms with Gasteiger partial charge in [-0.3, -0.25) is 0 Å². The van der Waals surface area contributed by atoms with Crippen LogP contribution in [0.5, 0.6) is 0 Å². The van der Waals surface area contributed by atoms with Gasteiger partial charge in [0.05, 0.1) is 0 Å². The molecule has 0 nitrogen and oxygen atoms in total. The van der Waals surface area contributed by atoms with Crippen molar-refractivity contribution < 1.29 is 0 Å². The molecule has 0 heterocycles. The summed E-state index contributed by atoms with van der Waals surface area (Å²) in [5.41, 5.74) is 0. The molecule has 0 aliphatic heterocycles. The highest BCUT2D eigenvalue weighted by Crippen LogP contribution is 2.26. The van der Waals surface area contributed by atoms with Gasteiger partial charge in [0, 0.05) is 16.1 Å². The first-order valence-corrected chi connectivity index (χ1v) is 10.3. The maximum atomic E-state index is 6.28. The lowest BCUT2D eigenvalue weighted by molar-refractivity contribution is 0.372. The number of alkyl halides is 3. The highest BCUT2D eigenvalue weighted by atomic mass is 35.5. The minimum atomic E-state index is 0.348. The van der Waals surface area contributed by atoms with E-state index in [2.05, 4.69) is 20.8 Å². The number of hydrogen-bond donors (Lipinski definition) is 0. The van der Waals surface area contributed by atoms with Crippen LogP contribution in [0.25, 0.3) is 0 Å². The fourth-order valence-electron chi connectivity index (χ4n) is 2.72. The van der Waals surface area contributed by atoms with Gasteiger partial charge in [-0.15, -0.1) is 34.8 Å². The Morgan fingerprint density at radius 2 is 0.905 bits per heavy atom. The van der Waals surface area contributed by atoms with Crippen LogP contribution in [0.1, 0.15) is 91.4 Å². The van der Waals surface area contributed by atoms with Crippen molar-refractivity contribution in [1.29, 1.82) is 0 Å². The molecular formula is C18H35Cl3. The van der Waals surface area contributed by atoms with Crippen LogP contribution in [0.2, 0.25) is 0 Å². The highest BCUT2D eigenvalue weighted by Gasteiger charge is 2.13. The Morgan fingerprint density at radius 1 is 0.524 bits per heavy atom. The summed E-state index contributed by atoms with van der Waals surface area (Å²) in [6.07, 6.45) is 13.1. The molecular weight excluding hydrogens is 323 g/mol. The largest absolute Gasteiger partial charge is 0.123 e. The SMILES string of the molecule is CCC(Cl)CCCC(CCCC(Cl)CC)CCC(Cl)CC. The van der Waals surface area contributed by atoms with Crippen molar-refractivity contribution >= 4 is 34.8 Å². The summed E-state index contributed by atoms with van der Waals surface area (Å²) in [5.74, 6) is 0.805. The third-order valence-corrected chi connectivity index (χ3v) is 6.06. The van der Waals surface area contributed by atoms with Gasteiger partial charge in [0.1, 0.15) is 0 Å². The fraction of sp³-hybridized carbons (Fsp3) is 1.00. The summed E-state index contributed by atoms with van der Waals surface area (Å²) in [6, 6.07) is 0. The molecule has 0 radical (unpaired) electrons. The van der Waals surface area contributed by atoms with Crippen molar-refractivity contribution in [1.82, 2.24) is 0 Å². The number of rotatable bonds is 14. The van der Waals surface area contributed by atoms with E-state index in [0.29, 0.717) is 16.1 Å². The average molecular weight is 358 g/mol. The van der Waals surface area contributed by atoms with Crippen LogP contribution < -0.4 is 0 Å². The van der Waals surface area contributed by atoms with Gasteiger partial charge in [0.2, 0.25) is 0 Å². The summed E-state index contributed by atoms with van der Waals surface area (Å²) in [6.45, 7) is 6.51. The van der Waals surface area contributed by atoms with E-state index in [-0.39, 0.29) is 0 Å². The second-order valence-electron chi connectivity index (χ2n) is 6.32. The molecule has 0 aliphatic rings. The molecule has 0 saturated heterocycles. The lowest BCUT2D eigenvalue weighted by Gasteiger charge is -2.19. The first-order valence-electron chi connectivity index (χ1n) is 8.95. The molecule has 0 spiro atoms. The van der Waals surface area contributed by atoms with Gasteiger partial charge in [-0.1, -0.05) is 46.5 Å². The van der Waals surface area contributed by atoms with Crippen molar-refractivity contribution in [2.24, 2.45) is 5.92 Å². The van der Waals surface area contributed by atoms with E-state index in [4.69, 9.17) is 34.8 Å². The molecule has 0 N–H and O–H groups in total. The van der Waals surface area contributed by atoms with Crippen molar-refractivity contribution in [2.45, 2.75) is 108 Å². The molecule has 3 atom stereocenters. The maximum absolute atomic E-state index is 6.28. The molecule has 3 unspecified atom stereocenters. The Morgan fingerprint density at radius 3 is 1.29 bits per heavy atom. The first-order chi connectivity index (χ1) is 10.0. The van der Waals surface area contributed by atoms with E-state index in [0.717, 1.165) is 44.4 Å². The zero-order valence-electron chi connectivity index (χ0n) is 14.2. The monoisotopic (exact) mass is 356 g/mol. The Balaban J connectivity index is 4.01. The molecule has 0 aromatic carbocycles. The lowest BCUT2D eigenvalue weighted by atomic mass is 9.89. The molecule has 0 amide bonds. The van der Waals surface area contributed by atoms with Crippen LogP contribution >= 0.6 is 34.8 Å². The zero-order valence-corrected chi connectivity index (χ0v) is 16.5. The molecule has 0 aromatic heterocycles. The van der Waals surface area contributed by atoms with E-state index in [9.17, 15) is 0 Å². The smallest absolute Gasteiger partial charge is 0.0333 e. The Labute approximate surface area is 148 Å². The van der Waals surface area contributed by atoms with E-state index >= 15 is 0 Å². The van der Waals surface area contributed by atoms with Gasteiger partial charge < -0.3 is 0 Å². The van der Waals surface area contributed by atoms with E-state index in [1.807, 2.05) is 0 Å². The van der Waals surface area contributed by atoms with Gasteiger partial charge in [-0.2, -0.15) is 0 Å². The molecule has 0 bridgehead atoms. The lowest BCUT2D eigenvalue weighted by Crippen LogP contribution is -2.08. The Bertz CT molecular complexity index is 205. The highest BCUT2D eigenvalue weighted by molar-refractivity contribution is 6.21. The summed E-state index contributed by atoms with van der Waals surface area (Å²) in [5, 5.41) is 1.06. The minimum Gasteiger partial charge on any atom is -0.123 e. The first kappa shape index (κ1) is 21.9. The molecule has 3 heteroatoms. The molecule has 0 aliphatic carbocycles. The van der Waals surface area contributed by atoms with Crippen LogP contribution in [0.4, 0.5) is 0 Å². The predicted octanol–water partition coefficient (Wildman–Crippen LogP) is 7.78. The molecule has 0 aromatic rings. The Hall–Kier alpha value is 0.870. The van der Waals surface area contributed by atoms with E-state index in [1.54, 1.807) is 0 Å². The number of halogens is 3. The van der Waals surface area contributed by atoms with Crippen molar-refractivity contribution in [2.75, 3.05) is 0 Å². The van der Waals surface area contributed by atoms with Crippen LogP contribution in [-0.2, 0) is 0 Å². The van der Waals surface area contributed by atoms with Crippen LogP contribution in [-0.4, -0.2) is 16.1 Å². The molecule has 0 fully saturated rings. The fourth-order valence-corrected chi connectivity index (χ4v) is 3.15. The van der Waals surface area contributed by atoms with E-state index in [1.165, 1.54) is 32.1 Å². The average Bonchev–Trinajstić information content (AvgIpc) is 2.50. The quantitative estimate of drug-likeness (QED) is 0.278. The summed E-state index contributed by atoms with van der Waals surface area (Å²) in [7, 11) is 0. The zero-order chi connectivity index (χ0) is 16.1. The molecule has 0 rings (SSSR count). The summed E-state index contributed by atoms with van der Waals surface area (Å²) < 4.78 is 0. The topological polar surface area (TPSA) is 0 Å². The summed E-state index contributed by atoms with van der Waals surface area (Å²) >= 11 is 18.7. The van der Waals surface area contributed by atoms with Gasteiger partial charge in [0.25, 0.3) is 0 Å². The Kier molecular flexibility index (Phi) is 15.1. The van der Waals surface area contributed by atoms with Crippen LogP contribution in [0.3, 0.4) is 0 Å². The van der Waals surface area contributed by atoms with Gasteiger partial charge in [-0.05, 0) is 50.9 Å². The second-order valence-corrected chi connectivity index (χ2v) is 8.17. The number of hydrogen-bond acceptors (Lipinski definition) is 0. The predicted molar refractivity (Wildman–Crippen MR) is 100 cm³/mol.